The van der Waals surface area contributed by atoms with Gasteiger partial charge in [-0.1, -0.05) is 72.8 Å². The van der Waals surface area contributed by atoms with Crippen molar-refractivity contribution in [2.75, 3.05) is 0 Å². The summed E-state index contributed by atoms with van der Waals surface area (Å²) in [5.74, 6) is 0. The van der Waals surface area contributed by atoms with E-state index < -0.39 is 0 Å². The Kier molecular flexibility index (Phi) is 4.10. The molecule has 0 atom stereocenters. The van der Waals surface area contributed by atoms with Gasteiger partial charge in [-0.3, -0.25) is 0 Å². The monoisotopic (exact) mass is 332 g/mol. The van der Waals surface area contributed by atoms with E-state index >= 15 is 0 Å². The zero-order valence-corrected chi connectivity index (χ0v) is 14.2. The Morgan fingerprint density at radius 2 is 0.962 bits per heavy atom. The van der Waals surface area contributed by atoms with E-state index in [1.807, 2.05) is 36.4 Å². The number of hydrogen-bond acceptors (Lipinski definition) is 2. The summed E-state index contributed by atoms with van der Waals surface area (Å²) in [6.45, 7) is 0. The number of rotatable bonds is 3. The molecule has 4 aromatic rings. The highest BCUT2D eigenvalue weighted by molar-refractivity contribution is 6.07. The molecule has 122 valence electrons. The predicted molar refractivity (Wildman–Crippen MR) is 106 cm³/mol. The van der Waals surface area contributed by atoms with Crippen molar-refractivity contribution < 1.29 is 0 Å². The summed E-state index contributed by atoms with van der Waals surface area (Å²) in [4.78, 5) is 0. The second-order valence-electron chi connectivity index (χ2n) is 6.31. The van der Waals surface area contributed by atoms with Crippen LogP contribution in [-0.2, 0) is 12.8 Å². The SMILES string of the molecule is N#CCc1ccc2ccccc2c1-c1c(CC#N)ccc2ccccc12. The maximum absolute atomic E-state index is 9.35. The molecule has 0 N–H and O–H groups in total. The highest BCUT2D eigenvalue weighted by Gasteiger charge is 2.16. The topological polar surface area (TPSA) is 47.6 Å². The molecule has 0 aliphatic carbocycles. The van der Waals surface area contributed by atoms with Crippen molar-refractivity contribution in [2.45, 2.75) is 12.8 Å². The quantitative estimate of drug-likeness (QED) is 0.476. The van der Waals surface area contributed by atoms with Gasteiger partial charge in [-0.05, 0) is 43.8 Å². The molecule has 0 amide bonds. The molecule has 0 fully saturated rings. The summed E-state index contributed by atoms with van der Waals surface area (Å²) in [5, 5.41) is 23.2. The van der Waals surface area contributed by atoms with E-state index in [9.17, 15) is 10.5 Å². The third-order valence-electron chi connectivity index (χ3n) is 4.82. The Labute approximate surface area is 152 Å². The van der Waals surface area contributed by atoms with Gasteiger partial charge in [0.25, 0.3) is 0 Å². The average Bonchev–Trinajstić information content (AvgIpc) is 2.69. The van der Waals surface area contributed by atoms with Crippen LogP contribution in [0.5, 0.6) is 0 Å². The van der Waals surface area contributed by atoms with E-state index in [2.05, 4.69) is 48.5 Å². The van der Waals surface area contributed by atoms with Crippen molar-refractivity contribution in [3.05, 3.63) is 83.9 Å². The molecule has 0 radical (unpaired) electrons. The Morgan fingerprint density at radius 3 is 1.38 bits per heavy atom. The van der Waals surface area contributed by atoms with Crippen molar-refractivity contribution in [3.8, 4) is 23.3 Å². The van der Waals surface area contributed by atoms with E-state index in [1.54, 1.807) is 0 Å². The maximum atomic E-state index is 9.35. The van der Waals surface area contributed by atoms with Crippen LogP contribution in [0.25, 0.3) is 32.7 Å². The van der Waals surface area contributed by atoms with Crippen LogP contribution < -0.4 is 0 Å². The van der Waals surface area contributed by atoms with Gasteiger partial charge in [-0.15, -0.1) is 0 Å². The molecule has 0 bridgehead atoms. The zero-order valence-electron chi connectivity index (χ0n) is 14.2. The standard InChI is InChI=1S/C24H16N2/c25-15-13-19-11-9-17-5-1-3-7-21(17)23(19)24-20(14-16-26)12-10-18-6-2-4-8-22(18)24/h1-12H,13-14H2. The fourth-order valence-corrected chi connectivity index (χ4v) is 3.69. The van der Waals surface area contributed by atoms with Gasteiger partial charge in [0.05, 0.1) is 25.0 Å². The molecule has 0 aliphatic heterocycles. The first-order chi connectivity index (χ1) is 12.8. The van der Waals surface area contributed by atoms with Gasteiger partial charge < -0.3 is 0 Å². The molecular formula is C24H16N2. The lowest BCUT2D eigenvalue weighted by Gasteiger charge is -2.17. The van der Waals surface area contributed by atoms with Gasteiger partial charge >= 0.3 is 0 Å². The van der Waals surface area contributed by atoms with Gasteiger partial charge in [0, 0.05) is 0 Å². The van der Waals surface area contributed by atoms with Crippen LogP contribution in [-0.4, -0.2) is 0 Å². The second kappa shape index (κ2) is 6.71. The van der Waals surface area contributed by atoms with Crippen molar-refractivity contribution in [2.24, 2.45) is 0 Å². The highest BCUT2D eigenvalue weighted by atomic mass is 14.3. The van der Waals surface area contributed by atoms with Crippen LogP contribution in [0, 0.1) is 22.7 Å². The van der Waals surface area contributed by atoms with E-state index in [0.717, 1.165) is 43.8 Å². The zero-order chi connectivity index (χ0) is 17.9. The minimum absolute atomic E-state index is 0.343. The predicted octanol–water partition coefficient (Wildman–Crippen LogP) is 5.79. The molecule has 26 heavy (non-hydrogen) atoms. The molecule has 2 nitrogen and oxygen atoms in total. The summed E-state index contributed by atoms with van der Waals surface area (Å²) in [7, 11) is 0. The smallest absolute Gasteiger partial charge is 0.0669 e. The molecule has 0 heterocycles. The Bertz CT molecular complexity index is 1110. The van der Waals surface area contributed by atoms with Gasteiger partial charge in [0.1, 0.15) is 0 Å². The average molecular weight is 332 g/mol. The maximum Gasteiger partial charge on any atom is 0.0669 e. The summed E-state index contributed by atoms with van der Waals surface area (Å²) in [5.41, 5.74) is 4.15. The molecule has 0 aliphatic rings. The molecule has 4 rings (SSSR count). The minimum Gasteiger partial charge on any atom is -0.198 e. The lowest BCUT2D eigenvalue weighted by Crippen LogP contribution is -1.96. The molecule has 2 heteroatoms. The molecule has 0 unspecified atom stereocenters. The molecule has 4 aromatic carbocycles. The number of nitriles is 2. The first-order valence-corrected chi connectivity index (χ1v) is 8.59. The van der Waals surface area contributed by atoms with Gasteiger partial charge in [-0.25, -0.2) is 0 Å². The van der Waals surface area contributed by atoms with Gasteiger partial charge in [0.15, 0.2) is 0 Å². The largest absolute Gasteiger partial charge is 0.198 e. The number of hydrogen-bond donors (Lipinski definition) is 0. The Hall–Kier alpha value is -3.62. The van der Waals surface area contributed by atoms with Crippen LogP contribution in [0.15, 0.2) is 72.8 Å². The van der Waals surface area contributed by atoms with Crippen LogP contribution in [0.3, 0.4) is 0 Å². The van der Waals surface area contributed by atoms with E-state index in [4.69, 9.17) is 0 Å². The second-order valence-corrected chi connectivity index (χ2v) is 6.31. The van der Waals surface area contributed by atoms with Crippen LogP contribution >= 0.6 is 0 Å². The summed E-state index contributed by atoms with van der Waals surface area (Å²) in [6.07, 6.45) is 0.685. The number of nitrogens with zero attached hydrogens (tertiary/aromatic N) is 2. The van der Waals surface area contributed by atoms with Gasteiger partial charge in [-0.2, -0.15) is 10.5 Å². The van der Waals surface area contributed by atoms with Gasteiger partial charge in [0.2, 0.25) is 0 Å². The third-order valence-corrected chi connectivity index (χ3v) is 4.82. The molecular weight excluding hydrogens is 316 g/mol. The Balaban J connectivity index is 2.19. The fourth-order valence-electron chi connectivity index (χ4n) is 3.69. The first kappa shape index (κ1) is 15.9. The van der Waals surface area contributed by atoms with Crippen molar-refractivity contribution in [3.63, 3.8) is 0 Å². The Morgan fingerprint density at radius 1 is 0.538 bits per heavy atom. The number of fused-ring (bicyclic) bond motifs is 2. The fraction of sp³-hybridized carbons (Fsp3) is 0.0833. The third kappa shape index (κ3) is 2.59. The minimum atomic E-state index is 0.343. The lowest BCUT2D eigenvalue weighted by atomic mass is 9.86. The van der Waals surface area contributed by atoms with E-state index in [1.165, 1.54) is 0 Å². The van der Waals surface area contributed by atoms with Crippen molar-refractivity contribution >= 4 is 21.5 Å². The summed E-state index contributed by atoms with van der Waals surface area (Å²) < 4.78 is 0. The van der Waals surface area contributed by atoms with E-state index in [0.29, 0.717) is 12.8 Å². The molecule has 0 saturated heterocycles. The van der Waals surface area contributed by atoms with E-state index in [-0.39, 0.29) is 0 Å². The molecule has 0 spiro atoms. The normalized spacial score (nSPS) is 10.5. The lowest BCUT2D eigenvalue weighted by molar-refractivity contribution is 1.25. The molecule has 0 aromatic heterocycles. The highest BCUT2D eigenvalue weighted by Crippen LogP contribution is 2.39. The first-order valence-electron chi connectivity index (χ1n) is 8.59. The van der Waals surface area contributed by atoms with Crippen molar-refractivity contribution in [1.29, 1.82) is 10.5 Å². The number of benzene rings is 4. The molecule has 0 saturated carbocycles. The summed E-state index contributed by atoms with van der Waals surface area (Å²) in [6, 6.07) is 29.3. The van der Waals surface area contributed by atoms with Crippen LogP contribution in [0.2, 0.25) is 0 Å². The van der Waals surface area contributed by atoms with Crippen LogP contribution in [0.1, 0.15) is 11.1 Å². The van der Waals surface area contributed by atoms with Crippen LogP contribution in [0.4, 0.5) is 0 Å². The summed E-state index contributed by atoms with van der Waals surface area (Å²) >= 11 is 0. The van der Waals surface area contributed by atoms with Crippen molar-refractivity contribution in [1.82, 2.24) is 0 Å².